The maximum Gasteiger partial charge on any atom is 0.469 e. The lowest BCUT2D eigenvalue weighted by atomic mass is 10.5. The van der Waals surface area contributed by atoms with E-state index < -0.39 is 7.82 Å². The number of nitrogens with one attached hydrogen (secondary N) is 1. The minimum atomic E-state index is -4.17. The molecule has 11 nitrogen and oxygen atoms in total. The Kier molecular flexibility index (Phi) is 6.00. The fourth-order valence-electron chi connectivity index (χ4n) is 1.41. The number of rotatable bonds is 4. The molecule has 0 aliphatic carbocycles. The molecule has 2 aromatic heterocycles. The number of fused-ring (bicyclic) bond motifs is 1. The lowest BCUT2D eigenvalue weighted by Gasteiger charge is -1.99. The van der Waals surface area contributed by atoms with Crippen LogP contribution in [0, 0.1) is 0 Å². The zero-order valence-corrected chi connectivity index (χ0v) is 12.0. The minimum absolute atomic E-state index is 0.0418. The summed E-state index contributed by atoms with van der Waals surface area (Å²) in [6.45, 7) is 1.86. The molecule has 0 saturated heterocycles. The number of nitrogens with zero attached hydrogens (tertiary/aromatic N) is 3. The second kappa shape index (κ2) is 7.29. The number of aromatic amines is 1. The third-order valence-electron chi connectivity index (χ3n) is 2.13. The summed E-state index contributed by atoms with van der Waals surface area (Å²) in [6, 6.07) is 0. The zero-order chi connectivity index (χ0) is 16.0. The lowest BCUT2D eigenvalue weighted by Crippen LogP contribution is -2.12. The number of aliphatic hydroxyl groups excluding tert-OH is 1. The average Bonchev–Trinajstić information content (AvgIpc) is 2.72. The van der Waals surface area contributed by atoms with E-state index in [1.165, 1.54) is 13.3 Å². The van der Waals surface area contributed by atoms with Crippen molar-refractivity contribution in [2.45, 2.75) is 13.5 Å². The Morgan fingerprint density at radius 3 is 2.67 bits per heavy atom. The fraction of sp³-hybridized carbons (Fsp3) is 0.444. The molecule has 2 rings (SSSR count). The van der Waals surface area contributed by atoms with E-state index in [4.69, 9.17) is 20.6 Å². The number of H-pyrrole nitrogens is 1. The van der Waals surface area contributed by atoms with E-state index in [1.54, 1.807) is 4.57 Å². The number of imidazole rings is 1. The number of hydrogen-bond acceptors (Lipinski definition) is 7. The fourth-order valence-corrected chi connectivity index (χ4v) is 1.75. The monoisotopic (exact) mass is 321 g/mol. The number of nitrogen functional groups attached to an aromatic ring is 1. The molecule has 0 aliphatic heterocycles. The molecule has 6 N–H and O–H groups in total. The molecule has 0 aliphatic rings. The summed E-state index contributed by atoms with van der Waals surface area (Å²) in [4.78, 5) is 37.3. The van der Waals surface area contributed by atoms with Gasteiger partial charge >= 0.3 is 7.82 Å². The second-order valence-electron chi connectivity index (χ2n) is 3.69. The Bertz CT molecular complexity index is 691. The Balaban J connectivity index is 0.000000270. The third kappa shape index (κ3) is 5.25. The number of hydrogen-bond donors (Lipinski definition) is 5. The molecular formula is C9H16N5O6P. The normalized spacial score (nSPS) is 11.2. The molecule has 12 heteroatoms. The zero-order valence-electron chi connectivity index (χ0n) is 11.1. The molecule has 118 valence electrons. The van der Waals surface area contributed by atoms with Gasteiger partial charge in [0.05, 0.1) is 19.5 Å². The molecule has 0 amide bonds. The number of aromatic nitrogens is 4. The molecule has 2 heterocycles. The summed E-state index contributed by atoms with van der Waals surface area (Å²) in [5.41, 5.74) is 5.63. The predicted octanol–water partition coefficient (Wildman–Crippen LogP) is -1.19. The number of phosphoric ester groups is 1. The highest BCUT2D eigenvalue weighted by molar-refractivity contribution is 7.46. The topological polar surface area (TPSA) is 177 Å². The van der Waals surface area contributed by atoms with Crippen molar-refractivity contribution in [3.05, 3.63) is 16.7 Å². The number of nitrogens with two attached hydrogens (primary N) is 1. The van der Waals surface area contributed by atoms with Crippen LogP contribution in [0.15, 0.2) is 11.1 Å². The van der Waals surface area contributed by atoms with Crippen LogP contribution in [0.4, 0.5) is 5.95 Å². The molecule has 0 atom stereocenters. The molecule has 0 spiro atoms. The van der Waals surface area contributed by atoms with E-state index in [0.717, 1.165) is 0 Å². The van der Waals surface area contributed by atoms with Crippen LogP contribution in [0.2, 0.25) is 0 Å². The molecule has 2 aromatic rings. The number of anilines is 1. The van der Waals surface area contributed by atoms with E-state index >= 15 is 0 Å². The van der Waals surface area contributed by atoms with Gasteiger partial charge in [-0.3, -0.25) is 14.3 Å². The third-order valence-corrected chi connectivity index (χ3v) is 2.73. The minimum Gasteiger partial charge on any atom is -0.395 e. The van der Waals surface area contributed by atoms with Gasteiger partial charge in [0.25, 0.3) is 5.56 Å². The molecule has 21 heavy (non-hydrogen) atoms. The van der Waals surface area contributed by atoms with Gasteiger partial charge < -0.3 is 25.2 Å². The first-order valence-electron chi connectivity index (χ1n) is 5.80. The largest absolute Gasteiger partial charge is 0.469 e. The smallest absolute Gasteiger partial charge is 0.395 e. The van der Waals surface area contributed by atoms with E-state index in [9.17, 15) is 9.36 Å². The van der Waals surface area contributed by atoms with Crippen molar-refractivity contribution >= 4 is 24.9 Å². The van der Waals surface area contributed by atoms with Crippen molar-refractivity contribution in [1.29, 1.82) is 0 Å². The van der Waals surface area contributed by atoms with Gasteiger partial charge in [0, 0.05) is 6.54 Å². The molecule has 0 radical (unpaired) electrons. The average molecular weight is 321 g/mol. The Morgan fingerprint density at radius 2 is 2.19 bits per heavy atom. The summed E-state index contributed by atoms with van der Waals surface area (Å²) < 4.78 is 15.2. The van der Waals surface area contributed by atoms with Crippen LogP contribution in [0.25, 0.3) is 11.2 Å². The van der Waals surface area contributed by atoms with E-state index in [1.807, 2.05) is 0 Å². The van der Waals surface area contributed by atoms with E-state index in [2.05, 4.69) is 19.5 Å². The van der Waals surface area contributed by atoms with Crippen LogP contribution < -0.4 is 11.3 Å². The first-order valence-corrected chi connectivity index (χ1v) is 7.33. The van der Waals surface area contributed by atoms with Crippen LogP contribution >= 0.6 is 7.82 Å². The van der Waals surface area contributed by atoms with Crippen LogP contribution in [0.5, 0.6) is 0 Å². The van der Waals surface area contributed by atoms with Crippen molar-refractivity contribution in [3.63, 3.8) is 0 Å². The van der Waals surface area contributed by atoms with Crippen molar-refractivity contribution < 1.29 is 24.0 Å². The van der Waals surface area contributed by atoms with Gasteiger partial charge in [-0.1, -0.05) is 0 Å². The van der Waals surface area contributed by atoms with E-state index in [0.29, 0.717) is 12.2 Å². The molecule has 0 bridgehead atoms. The van der Waals surface area contributed by atoms with Crippen molar-refractivity contribution in [3.8, 4) is 0 Å². The maximum atomic E-state index is 11.3. The maximum absolute atomic E-state index is 11.3. The van der Waals surface area contributed by atoms with Gasteiger partial charge in [-0.15, -0.1) is 0 Å². The van der Waals surface area contributed by atoms with Gasteiger partial charge in [-0.25, -0.2) is 9.55 Å². The van der Waals surface area contributed by atoms with Gasteiger partial charge in [0.1, 0.15) is 0 Å². The highest BCUT2D eigenvalue weighted by atomic mass is 31.2. The summed E-state index contributed by atoms with van der Waals surface area (Å²) in [5, 5.41) is 8.74. The van der Waals surface area contributed by atoms with Crippen LogP contribution in [0.3, 0.4) is 0 Å². The first kappa shape index (κ1) is 17.3. The number of aliphatic hydroxyl groups is 1. The highest BCUT2D eigenvalue weighted by Gasteiger charge is 2.10. The number of phosphoric acid groups is 1. The molecule has 0 unspecified atom stereocenters. The van der Waals surface area contributed by atoms with Crippen molar-refractivity contribution in [1.82, 2.24) is 19.5 Å². The van der Waals surface area contributed by atoms with Crippen LogP contribution in [-0.4, -0.2) is 47.6 Å². The Hall–Kier alpha value is -1.78. The lowest BCUT2D eigenvalue weighted by molar-refractivity contribution is 0.206. The summed E-state index contributed by atoms with van der Waals surface area (Å²) in [5.74, 6) is 0.0437. The summed E-state index contributed by atoms with van der Waals surface area (Å²) in [7, 11) is -4.17. The Labute approximate surface area is 118 Å². The van der Waals surface area contributed by atoms with Crippen LogP contribution in [0.1, 0.15) is 6.92 Å². The SMILES string of the molecule is CCOP(=O)(O)O.Nc1nc2c(ncn2CCO)c(=O)[nH]1. The van der Waals surface area contributed by atoms with Gasteiger partial charge in [-0.05, 0) is 6.92 Å². The molecular weight excluding hydrogens is 305 g/mol. The van der Waals surface area contributed by atoms with Gasteiger partial charge in [0.2, 0.25) is 5.95 Å². The molecule has 0 aromatic carbocycles. The van der Waals surface area contributed by atoms with Crippen molar-refractivity contribution in [2.24, 2.45) is 0 Å². The predicted molar refractivity (Wildman–Crippen MR) is 73.3 cm³/mol. The van der Waals surface area contributed by atoms with Gasteiger partial charge in [-0.2, -0.15) is 4.98 Å². The van der Waals surface area contributed by atoms with Gasteiger partial charge in [0.15, 0.2) is 11.2 Å². The standard InChI is InChI=1S/C7H9N5O2.C2H7O4P/c8-7-10-5-4(6(14)11-7)9-3-12(5)1-2-13;1-2-6-7(3,4)5/h3,13H,1-2H2,(H3,8,10,11,14);2H2,1H3,(H2,3,4,5). The van der Waals surface area contributed by atoms with Crippen LogP contribution in [-0.2, 0) is 15.6 Å². The summed E-state index contributed by atoms with van der Waals surface area (Å²) in [6.07, 6.45) is 1.45. The van der Waals surface area contributed by atoms with Crippen molar-refractivity contribution in [2.75, 3.05) is 18.9 Å². The first-order chi connectivity index (χ1) is 9.78. The molecule has 0 fully saturated rings. The Morgan fingerprint density at radius 1 is 1.52 bits per heavy atom. The quantitative estimate of drug-likeness (QED) is 0.433. The van der Waals surface area contributed by atoms with E-state index in [-0.39, 0.29) is 30.2 Å². The highest BCUT2D eigenvalue weighted by Crippen LogP contribution is 2.34. The summed E-state index contributed by atoms with van der Waals surface area (Å²) >= 11 is 0. The molecule has 0 saturated carbocycles. The second-order valence-corrected chi connectivity index (χ2v) is 4.93.